The molecule has 0 aliphatic carbocycles. The quantitative estimate of drug-likeness (QED) is 0.490. The van der Waals surface area contributed by atoms with Gasteiger partial charge in [-0.05, 0) is 38.0 Å². The average molecular weight is 514 g/mol. The van der Waals surface area contributed by atoms with Crippen molar-refractivity contribution in [2.45, 2.75) is 51.4 Å². The Kier molecular flexibility index (Phi) is 6.58. The zero-order valence-electron chi connectivity index (χ0n) is 19.0. The summed E-state index contributed by atoms with van der Waals surface area (Å²) in [7, 11) is 0. The van der Waals surface area contributed by atoms with Gasteiger partial charge in [-0.15, -0.1) is 5.10 Å². The van der Waals surface area contributed by atoms with E-state index in [1.165, 1.54) is 4.57 Å². The lowest BCUT2D eigenvalue weighted by molar-refractivity contribution is -0.189. The lowest BCUT2D eigenvalue weighted by Gasteiger charge is -2.20. The number of aromatic nitrogens is 3. The minimum absolute atomic E-state index is 0.113. The summed E-state index contributed by atoms with van der Waals surface area (Å²) in [6.45, 7) is 2.82. The molecule has 4 rings (SSSR count). The van der Waals surface area contributed by atoms with E-state index in [1.54, 1.807) is 0 Å². The first-order valence-electron chi connectivity index (χ1n) is 10.9. The molecule has 3 aromatic rings. The molecule has 1 amide bonds. The van der Waals surface area contributed by atoms with Crippen LogP contribution in [0.2, 0.25) is 0 Å². The number of rotatable bonds is 5. The van der Waals surface area contributed by atoms with Crippen LogP contribution in [-0.2, 0) is 6.54 Å². The minimum atomic E-state index is -4.86. The van der Waals surface area contributed by atoms with Crippen molar-refractivity contribution in [2.24, 2.45) is 0 Å². The number of hydrogen-bond acceptors (Lipinski definition) is 4. The van der Waals surface area contributed by atoms with E-state index in [9.17, 15) is 31.5 Å². The summed E-state index contributed by atoms with van der Waals surface area (Å²) in [6, 6.07) is 3.99. The molecule has 2 atom stereocenters. The number of nitrogens with zero attached hydrogens (tertiary/aromatic N) is 3. The van der Waals surface area contributed by atoms with E-state index in [-0.39, 0.29) is 5.92 Å². The predicted octanol–water partition coefficient (Wildman–Crippen LogP) is 4.93. The minimum Gasteiger partial charge on any atom is -0.480 e. The fraction of sp³-hybridized carbons (Fsp3) is 0.348. The van der Waals surface area contributed by atoms with Crippen molar-refractivity contribution in [1.29, 1.82) is 0 Å². The lowest BCUT2D eigenvalue weighted by Crippen LogP contribution is -2.32. The normalized spacial score (nSPS) is 16.4. The molecule has 1 unspecified atom stereocenters. The van der Waals surface area contributed by atoms with Crippen LogP contribution in [-0.4, -0.2) is 32.5 Å². The molecule has 7 nitrogen and oxygen atoms in total. The molecule has 0 fully saturated rings. The zero-order valence-corrected chi connectivity index (χ0v) is 19.0. The first kappa shape index (κ1) is 25.3. The molecule has 1 N–H and O–H groups in total. The molecule has 1 aromatic heterocycles. The number of carbonyl (C=O) groups is 1. The second-order valence-corrected chi connectivity index (χ2v) is 8.40. The first-order valence-corrected chi connectivity index (χ1v) is 10.9. The number of halogens is 6. The molecule has 36 heavy (non-hydrogen) atoms. The van der Waals surface area contributed by atoms with E-state index in [0.717, 1.165) is 30.7 Å². The van der Waals surface area contributed by atoms with Gasteiger partial charge in [-0.2, -0.15) is 17.9 Å². The van der Waals surface area contributed by atoms with Crippen molar-refractivity contribution in [2.75, 3.05) is 5.32 Å². The van der Waals surface area contributed by atoms with Crippen molar-refractivity contribution in [1.82, 2.24) is 14.3 Å². The molecule has 0 radical (unpaired) electrons. The second kappa shape index (κ2) is 9.36. The third-order valence-corrected chi connectivity index (χ3v) is 5.84. The Bertz CT molecular complexity index is 1360. The van der Waals surface area contributed by atoms with E-state index >= 15 is 4.39 Å². The number of carbonyl (C=O) groups excluding carboxylic acids is 1. The van der Waals surface area contributed by atoms with Crippen LogP contribution in [0.1, 0.15) is 48.8 Å². The van der Waals surface area contributed by atoms with Gasteiger partial charge in [0.2, 0.25) is 0 Å². The maximum Gasteiger partial charge on any atom is 0.425 e. The molecule has 2 heterocycles. The maximum absolute atomic E-state index is 15.2. The highest BCUT2D eigenvalue weighted by molar-refractivity contribution is 6.06. The Hall–Kier alpha value is -3.77. The van der Waals surface area contributed by atoms with Crippen molar-refractivity contribution in [3.8, 4) is 11.4 Å². The van der Waals surface area contributed by atoms with Gasteiger partial charge < -0.3 is 10.1 Å². The van der Waals surface area contributed by atoms with Gasteiger partial charge in [-0.1, -0.05) is 13.0 Å². The van der Waals surface area contributed by atoms with Gasteiger partial charge in [0.05, 0.1) is 5.56 Å². The third-order valence-electron chi connectivity index (χ3n) is 5.84. The van der Waals surface area contributed by atoms with E-state index in [4.69, 9.17) is 4.74 Å². The van der Waals surface area contributed by atoms with Gasteiger partial charge in [0.15, 0.2) is 6.10 Å². The number of ether oxygens (including phenoxy) is 1. The summed E-state index contributed by atoms with van der Waals surface area (Å²) < 4.78 is 89.7. The van der Waals surface area contributed by atoms with Crippen LogP contribution in [0.25, 0.3) is 5.69 Å². The number of amides is 1. The van der Waals surface area contributed by atoms with Gasteiger partial charge in [0.1, 0.15) is 40.4 Å². The molecular weight excluding hydrogens is 494 g/mol. The molecule has 1 aliphatic heterocycles. The van der Waals surface area contributed by atoms with Gasteiger partial charge in [0.25, 0.3) is 5.91 Å². The Morgan fingerprint density at radius 1 is 1.17 bits per heavy atom. The summed E-state index contributed by atoms with van der Waals surface area (Å²) in [5, 5.41) is 6.03. The molecule has 0 spiro atoms. The van der Waals surface area contributed by atoms with E-state index in [1.807, 2.05) is 12.2 Å². The summed E-state index contributed by atoms with van der Waals surface area (Å²) in [4.78, 5) is 25.6. The smallest absolute Gasteiger partial charge is 0.425 e. The SMILES string of the molecule is CC1CCCn2c1nn(-c1cc(O[C@@H](C)C(F)(F)F)c(C(=O)Nc3c(F)cccc3F)cc1F)c2=O. The number of para-hydroxylation sites is 1. The van der Waals surface area contributed by atoms with Crippen molar-refractivity contribution >= 4 is 11.6 Å². The van der Waals surface area contributed by atoms with Crippen LogP contribution < -0.4 is 15.7 Å². The molecule has 13 heteroatoms. The van der Waals surface area contributed by atoms with Gasteiger partial charge in [-0.25, -0.2) is 18.0 Å². The van der Waals surface area contributed by atoms with Gasteiger partial charge in [0, 0.05) is 18.5 Å². The van der Waals surface area contributed by atoms with Gasteiger partial charge >= 0.3 is 11.9 Å². The number of benzene rings is 2. The maximum atomic E-state index is 15.2. The largest absolute Gasteiger partial charge is 0.480 e. The molecule has 0 saturated carbocycles. The first-order chi connectivity index (χ1) is 16.9. The Labute approximate surface area is 200 Å². The summed E-state index contributed by atoms with van der Waals surface area (Å²) in [6.07, 6.45) is -5.88. The number of nitrogens with one attached hydrogen (secondary N) is 1. The van der Waals surface area contributed by atoms with E-state index in [0.29, 0.717) is 36.5 Å². The van der Waals surface area contributed by atoms with E-state index in [2.05, 4.69) is 5.10 Å². The van der Waals surface area contributed by atoms with Crippen LogP contribution in [0, 0.1) is 17.5 Å². The molecular formula is C23H20F6N4O3. The molecule has 0 bridgehead atoms. The Morgan fingerprint density at radius 3 is 2.44 bits per heavy atom. The summed E-state index contributed by atoms with van der Waals surface area (Å²) in [5.41, 5.74) is -2.92. The van der Waals surface area contributed by atoms with Crippen LogP contribution >= 0.6 is 0 Å². The molecule has 0 saturated heterocycles. The zero-order chi connectivity index (χ0) is 26.4. The fourth-order valence-corrected chi connectivity index (χ4v) is 3.86. The highest BCUT2D eigenvalue weighted by atomic mass is 19.4. The number of alkyl halides is 3. The number of hydrogen-bond donors (Lipinski definition) is 1. The predicted molar refractivity (Wildman–Crippen MR) is 116 cm³/mol. The van der Waals surface area contributed by atoms with Gasteiger partial charge in [-0.3, -0.25) is 9.36 Å². The highest BCUT2D eigenvalue weighted by Crippen LogP contribution is 2.32. The standard InChI is InChI=1S/C23H20F6N4O3/c1-11-5-4-8-32-20(11)31-33(22(32)35)17-10-18(36-12(2)23(27,28)29)13(9-16(17)26)21(34)30-19-14(24)6-3-7-15(19)25/h3,6-7,9-12H,4-5,8H2,1-2H3,(H,30,34)/t11?,12-/m0/s1. The number of fused-ring (bicyclic) bond motifs is 1. The second-order valence-electron chi connectivity index (χ2n) is 8.40. The summed E-state index contributed by atoms with van der Waals surface area (Å²) >= 11 is 0. The summed E-state index contributed by atoms with van der Waals surface area (Å²) in [5.74, 6) is -5.33. The monoisotopic (exact) mass is 514 g/mol. The lowest BCUT2D eigenvalue weighted by atomic mass is 10.0. The van der Waals surface area contributed by atoms with Crippen LogP contribution in [0.4, 0.5) is 32.0 Å². The fourth-order valence-electron chi connectivity index (χ4n) is 3.86. The molecule has 1 aliphatic rings. The van der Waals surface area contributed by atoms with Crippen LogP contribution in [0.5, 0.6) is 5.75 Å². The average Bonchev–Trinajstić information content (AvgIpc) is 3.14. The van der Waals surface area contributed by atoms with Crippen molar-refractivity contribution in [3.05, 3.63) is 69.7 Å². The molecule has 192 valence electrons. The molecule has 2 aromatic carbocycles. The van der Waals surface area contributed by atoms with E-state index < -0.39 is 64.0 Å². The third kappa shape index (κ3) is 4.69. The van der Waals surface area contributed by atoms with Crippen molar-refractivity contribution in [3.63, 3.8) is 0 Å². The Morgan fingerprint density at radius 2 is 1.83 bits per heavy atom. The highest BCUT2D eigenvalue weighted by Gasteiger charge is 2.39. The van der Waals surface area contributed by atoms with Crippen LogP contribution in [0.15, 0.2) is 35.1 Å². The topological polar surface area (TPSA) is 78.2 Å². The van der Waals surface area contributed by atoms with Crippen LogP contribution in [0.3, 0.4) is 0 Å². The van der Waals surface area contributed by atoms with Crippen molar-refractivity contribution < 1.29 is 35.9 Å². The Balaban J connectivity index is 1.82. The number of anilines is 1.